The van der Waals surface area contributed by atoms with E-state index in [1.54, 1.807) is 0 Å². The van der Waals surface area contributed by atoms with Gasteiger partial charge in [-0.1, -0.05) is 19.1 Å². The molecule has 2 rings (SSSR count). The van der Waals surface area contributed by atoms with Gasteiger partial charge < -0.3 is 15.4 Å². The van der Waals surface area contributed by atoms with Crippen molar-refractivity contribution in [3.8, 4) is 0 Å². The van der Waals surface area contributed by atoms with E-state index in [2.05, 4.69) is 6.92 Å². The summed E-state index contributed by atoms with van der Waals surface area (Å²) in [6, 6.07) is 0. The number of ether oxygens (including phenoxy) is 1. The zero-order chi connectivity index (χ0) is 13.2. The molecule has 2 heterocycles. The molecule has 2 fully saturated rings. The molecule has 0 radical (unpaired) electrons. The Labute approximate surface area is 114 Å². The number of piperidine rings is 1. The zero-order valence-corrected chi connectivity index (χ0v) is 11.8. The number of rotatable bonds is 2. The van der Waals surface area contributed by atoms with E-state index in [-0.39, 0.29) is 11.3 Å². The average molecular weight is 270 g/mol. The van der Waals surface area contributed by atoms with Crippen LogP contribution in [0.25, 0.3) is 0 Å². The minimum Gasteiger partial charge on any atom is -0.393 e. The summed E-state index contributed by atoms with van der Waals surface area (Å²) in [6.07, 6.45) is 3.50. The molecule has 0 bridgehead atoms. The SMILES string of the molecule is CC1(C(N)=S)CCN(C(=O)C2CCOCC2)CC1. The van der Waals surface area contributed by atoms with Crippen molar-refractivity contribution in [1.29, 1.82) is 0 Å². The van der Waals surface area contributed by atoms with Crippen molar-refractivity contribution in [2.45, 2.75) is 32.6 Å². The predicted molar refractivity (Wildman–Crippen MR) is 74.2 cm³/mol. The van der Waals surface area contributed by atoms with Gasteiger partial charge in [0, 0.05) is 37.6 Å². The fraction of sp³-hybridized carbons (Fsp3) is 0.846. The van der Waals surface area contributed by atoms with Crippen molar-refractivity contribution < 1.29 is 9.53 Å². The molecular formula is C13H22N2O2S. The largest absolute Gasteiger partial charge is 0.393 e. The van der Waals surface area contributed by atoms with E-state index in [9.17, 15) is 4.79 Å². The lowest BCUT2D eigenvalue weighted by molar-refractivity contribution is -0.140. The van der Waals surface area contributed by atoms with E-state index in [4.69, 9.17) is 22.7 Å². The lowest BCUT2D eigenvalue weighted by Gasteiger charge is -2.40. The number of nitrogens with zero attached hydrogens (tertiary/aromatic N) is 1. The Morgan fingerprint density at radius 3 is 2.39 bits per heavy atom. The van der Waals surface area contributed by atoms with E-state index in [1.807, 2.05) is 4.90 Å². The van der Waals surface area contributed by atoms with Crippen LogP contribution in [0.2, 0.25) is 0 Å². The Morgan fingerprint density at radius 1 is 1.33 bits per heavy atom. The van der Waals surface area contributed by atoms with Crippen LogP contribution >= 0.6 is 12.2 Å². The lowest BCUT2D eigenvalue weighted by Crippen LogP contribution is -2.48. The Balaban J connectivity index is 1.89. The number of nitrogens with two attached hydrogens (primary N) is 1. The molecule has 0 spiro atoms. The molecule has 18 heavy (non-hydrogen) atoms. The fourth-order valence-corrected chi connectivity index (χ4v) is 2.87. The molecule has 0 saturated carbocycles. The van der Waals surface area contributed by atoms with Crippen molar-refractivity contribution in [2.24, 2.45) is 17.1 Å². The highest BCUT2D eigenvalue weighted by Gasteiger charge is 2.36. The van der Waals surface area contributed by atoms with Crippen LogP contribution in [0.3, 0.4) is 0 Å². The van der Waals surface area contributed by atoms with Crippen LogP contribution in [-0.2, 0) is 9.53 Å². The van der Waals surface area contributed by atoms with E-state index >= 15 is 0 Å². The predicted octanol–water partition coefficient (Wildman–Crippen LogP) is 1.33. The molecule has 2 N–H and O–H groups in total. The first kappa shape index (κ1) is 13.7. The van der Waals surface area contributed by atoms with E-state index in [0.717, 1.165) is 52.0 Å². The monoisotopic (exact) mass is 270 g/mol. The van der Waals surface area contributed by atoms with Gasteiger partial charge in [0.15, 0.2) is 0 Å². The summed E-state index contributed by atoms with van der Waals surface area (Å²) < 4.78 is 5.30. The number of likely N-dealkylation sites (tertiary alicyclic amines) is 1. The maximum Gasteiger partial charge on any atom is 0.225 e. The summed E-state index contributed by atoms with van der Waals surface area (Å²) in [5, 5.41) is 0. The van der Waals surface area contributed by atoms with Crippen LogP contribution in [0.15, 0.2) is 0 Å². The third kappa shape index (κ3) is 2.83. The number of amides is 1. The van der Waals surface area contributed by atoms with Crippen LogP contribution in [-0.4, -0.2) is 42.1 Å². The third-order valence-electron chi connectivity index (χ3n) is 4.34. The summed E-state index contributed by atoms with van der Waals surface area (Å²) in [5.41, 5.74) is 5.71. The number of hydrogen-bond donors (Lipinski definition) is 1. The second-order valence-electron chi connectivity index (χ2n) is 5.64. The summed E-state index contributed by atoms with van der Waals surface area (Å²) in [4.78, 5) is 14.9. The minimum atomic E-state index is -0.0677. The summed E-state index contributed by atoms with van der Waals surface area (Å²) in [7, 11) is 0. The van der Waals surface area contributed by atoms with Crippen LogP contribution in [0.4, 0.5) is 0 Å². The number of thiocarbonyl (C=S) groups is 1. The first-order valence-corrected chi connectivity index (χ1v) is 7.10. The topological polar surface area (TPSA) is 55.6 Å². The first-order valence-electron chi connectivity index (χ1n) is 6.69. The molecule has 0 atom stereocenters. The Bertz CT molecular complexity index is 332. The van der Waals surface area contributed by atoms with Crippen molar-refractivity contribution in [1.82, 2.24) is 4.90 Å². The maximum atomic E-state index is 12.3. The van der Waals surface area contributed by atoms with Crippen LogP contribution < -0.4 is 5.73 Å². The summed E-state index contributed by atoms with van der Waals surface area (Å²) >= 11 is 5.12. The van der Waals surface area contributed by atoms with E-state index < -0.39 is 0 Å². The molecule has 0 aliphatic carbocycles. The van der Waals surface area contributed by atoms with Crippen LogP contribution in [0.1, 0.15) is 32.6 Å². The highest BCUT2D eigenvalue weighted by molar-refractivity contribution is 7.80. The van der Waals surface area contributed by atoms with Crippen LogP contribution in [0.5, 0.6) is 0 Å². The molecule has 0 aromatic carbocycles. The van der Waals surface area contributed by atoms with Crippen molar-refractivity contribution in [3.05, 3.63) is 0 Å². The molecule has 102 valence electrons. The highest BCUT2D eigenvalue weighted by Crippen LogP contribution is 2.32. The molecule has 5 heteroatoms. The second kappa shape index (κ2) is 5.53. The van der Waals surface area contributed by atoms with E-state index in [0.29, 0.717) is 10.9 Å². The first-order chi connectivity index (χ1) is 8.53. The van der Waals surface area contributed by atoms with Gasteiger partial charge in [0.2, 0.25) is 5.91 Å². The number of carbonyl (C=O) groups is 1. The Kier molecular flexibility index (Phi) is 4.22. The number of carbonyl (C=O) groups excluding carboxylic acids is 1. The van der Waals surface area contributed by atoms with Crippen molar-refractivity contribution in [3.63, 3.8) is 0 Å². The molecule has 0 aromatic rings. The van der Waals surface area contributed by atoms with Gasteiger partial charge in [-0.2, -0.15) is 0 Å². The molecule has 1 amide bonds. The minimum absolute atomic E-state index is 0.0677. The highest BCUT2D eigenvalue weighted by atomic mass is 32.1. The normalized spacial score (nSPS) is 24.8. The van der Waals surface area contributed by atoms with E-state index in [1.165, 1.54) is 0 Å². The van der Waals surface area contributed by atoms with Gasteiger partial charge in [0.1, 0.15) is 0 Å². The van der Waals surface area contributed by atoms with Gasteiger partial charge in [-0.3, -0.25) is 4.79 Å². The quantitative estimate of drug-likeness (QED) is 0.769. The second-order valence-corrected chi connectivity index (χ2v) is 6.08. The Hall–Kier alpha value is -0.680. The van der Waals surface area contributed by atoms with Crippen molar-refractivity contribution in [2.75, 3.05) is 26.3 Å². The lowest BCUT2D eigenvalue weighted by atomic mass is 9.80. The molecule has 0 aromatic heterocycles. The zero-order valence-electron chi connectivity index (χ0n) is 11.0. The molecule has 2 aliphatic heterocycles. The molecular weight excluding hydrogens is 248 g/mol. The van der Waals surface area contributed by atoms with Gasteiger partial charge in [-0.05, 0) is 25.7 Å². The fourth-order valence-electron chi connectivity index (χ4n) is 2.67. The van der Waals surface area contributed by atoms with Gasteiger partial charge in [-0.15, -0.1) is 0 Å². The molecule has 2 saturated heterocycles. The molecule has 0 unspecified atom stereocenters. The van der Waals surface area contributed by atoms with Crippen LogP contribution in [0, 0.1) is 11.3 Å². The third-order valence-corrected chi connectivity index (χ3v) is 4.84. The summed E-state index contributed by atoms with van der Waals surface area (Å²) in [6.45, 7) is 5.10. The Morgan fingerprint density at radius 2 is 1.89 bits per heavy atom. The standard InChI is InChI=1S/C13H22N2O2S/c1-13(12(14)18)4-6-15(7-5-13)11(16)10-2-8-17-9-3-10/h10H,2-9H2,1H3,(H2,14,18). The van der Waals surface area contributed by atoms with Crippen molar-refractivity contribution >= 4 is 23.1 Å². The van der Waals surface area contributed by atoms with Gasteiger partial charge >= 0.3 is 0 Å². The number of hydrogen-bond acceptors (Lipinski definition) is 3. The maximum absolute atomic E-state index is 12.3. The smallest absolute Gasteiger partial charge is 0.225 e. The van der Waals surface area contributed by atoms with Gasteiger partial charge in [-0.25, -0.2) is 0 Å². The molecule has 2 aliphatic rings. The average Bonchev–Trinajstić information content (AvgIpc) is 2.40. The van der Waals surface area contributed by atoms with Gasteiger partial charge in [0.05, 0.1) is 4.99 Å². The summed E-state index contributed by atoms with van der Waals surface area (Å²) in [5.74, 6) is 0.455. The van der Waals surface area contributed by atoms with Gasteiger partial charge in [0.25, 0.3) is 0 Å². The molecule has 4 nitrogen and oxygen atoms in total.